The van der Waals surface area contributed by atoms with E-state index in [1.165, 1.54) is 0 Å². The molecule has 2 rings (SSSR count). The third kappa shape index (κ3) is 3.12. The molecule has 20 heavy (non-hydrogen) atoms. The van der Waals surface area contributed by atoms with E-state index in [-0.39, 0.29) is 11.0 Å². The van der Waals surface area contributed by atoms with E-state index in [2.05, 4.69) is 5.32 Å². The summed E-state index contributed by atoms with van der Waals surface area (Å²) in [5.74, 6) is 1.26. The third-order valence-electron chi connectivity index (χ3n) is 3.74. The molecule has 1 aromatic carbocycles. The van der Waals surface area contributed by atoms with E-state index < -0.39 is 6.04 Å². The lowest BCUT2D eigenvalue weighted by atomic mass is 9.90. The predicted molar refractivity (Wildman–Crippen MR) is 76.2 cm³/mol. The summed E-state index contributed by atoms with van der Waals surface area (Å²) in [5.41, 5.74) is 0.821. The quantitative estimate of drug-likeness (QED) is 0.663. The van der Waals surface area contributed by atoms with Crippen LogP contribution in [0.15, 0.2) is 18.2 Å². The molecule has 0 unspecified atom stereocenters. The van der Waals surface area contributed by atoms with Crippen LogP contribution in [0.2, 0.25) is 0 Å². The molecule has 0 aromatic heterocycles. The average molecular weight is 280 g/mol. The summed E-state index contributed by atoms with van der Waals surface area (Å²) >= 11 is 0. The number of anilines is 1. The van der Waals surface area contributed by atoms with Gasteiger partial charge in [0.05, 0.1) is 20.3 Å². The van der Waals surface area contributed by atoms with Crippen LogP contribution in [-0.4, -0.2) is 31.2 Å². The molecule has 1 aliphatic carbocycles. The first kappa shape index (κ1) is 14.4. The van der Waals surface area contributed by atoms with E-state index in [1.54, 1.807) is 20.3 Å². The van der Waals surface area contributed by atoms with Gasteiger partial charge in [-0.15, -0.1) is 0 Å². The van der Waals surface area contributed by atoms with Crippen LogP contribution >= 0.6 is 0 Å². The molecule has 1 N–H and O–H groups in total. The fraction of sp³-hybridized carbons (Fsp3) is 0.571. The standard InChI is InChI=1S/C14H20N2O4/c1-19-13-8-7-10(9-14(13)20-2)15-11-5-3-4-6-12(11)16(17)18/h7-9,11-12,15H,3-6H2,1-2H3/t11-,12-/m1/s1. The van der Waals surface area contributed by atoms with Crippen LogP contribution in [0, 0.1) is 10.1 Å². The summed E-state index contributed by atoms with van der Waals surface area (Å²) < 4.78 is 10.4. The zero-order valence-electron chi connectivity index (χ0n) is 11.8. The summed E-state index contributed by atoms with van der Waals surface area (Å²) in [4.78, 5) is 10.9. The van der Waals surface area contributed by atoms with E-state index in [1.807, 2.05) is 12.1 Å². The van der Waals surface area contributed by atoms with Crippen molar-refractivity contribution in [1.29, 1.82) is 0 Å². The van der Waals surface area contributed by atoms with Crippen LogP contribution in [0.4, 0.5) is 5.69 Å². The maximum atomic E-state index is 11.1. The van der Waals surface area contributed by atoms with E-state index in [4.69, 9.17) is 9.47 Å². The minimum Gasteiger partial charge on any atom is -0.493 e. The van der Waals surface area contributed by atoms with Crippen molar-refractivity contribution < 1.29 is 14.4 Å². The fourth-order valence-corrected chi connectivity index (χ4v) is 2.67. The molecule has 110 valence electrons. The monoisotopic (exact) mass is 280 g/mol. The van der Waals surface area contributed by atoms with Crippen molar-refractivity contribution in [3.05, 3.63) is 28.3 Å². The number of hydrogen-bond acceptors (Lipinski definition) is 5. The molecule has 0 heterocycles. The zero-order valence-corrected chi connectivity index (χ0v) is 11.8. The van der Waals surface area contributed by atoms with Crippen molar-refractivity contribution in [3.63, 3.8) is 0 Å². The lowest BCUT2D eigenvalue weighted by Crippen LogP contribution is -2.41. The molecule has 1 aromatic rings. The van der Waals surface area contributed by atoms with Gasteiger partial charge in [-0.25, -0.2) is 0 Å². The highest BCUT2D eigenvalue weighted by Gasteiger charge is 2.33. The van der Waals surface area contributed by atoms with Crippen molar-refractivity contribution >= 4 is 5.69 Å². The van der Waals surface area contributed by atoms with Crippen molar-refractivity contribution in [2.24, 2.45) is 0 Å². The number of ether oxygens (including phenoxy) is 2. The molecule has 0 aliphatic heterocycles. The van der Waals surface area contributed by atoms with Crippen LogP contribution in [0.3, 0.4) is 0 Å². The maximum Gasteiger partial charge on any atom is 0.232 e. The molecule has 1 aliphatic rings. The van der Waals surface area contributed by atoms with Gasteiger partial charge in [0, 0.05) is 23.1 Å². The van der Waals surface area contributed by atoms with E-state index in [0.29, 0.717) is 17.9 Å². The van der Waals surface area contributed by atoms with Crippen molar-refractivity contribution in [3.8, 4) is 11.5 Å². The molecule has 1 fully saturated rings. The Bertz CT molecular complexity index is 478. The number of nitrogens with one attached hydrogen (secondary N) is 1. The number of nitro groups is 1. The first-order valence-corrected chi connectivity index (χ1v) is 6.77. The van der Waals surface area contributed by atoms with Crippen molar-refractivity contribution in [2.45, 2.75) is 37.8 Å². The molecule has 1 saturated carbocycles. The van der Waals surface area contributed by atoms with Crippen LogP contribution in [0.5, 0.6) is 11.5 Å². The first-order chi connectivity index (χ1) is 9.65. The van der Waals surface area contributed by atoms with E-state index in [0.717, 1.165) is 24.9 Å². The molecule has 0 bridgehead atoms. The fourth-order valence-electron chi connectivity index (χ4n) is 2.67. The smallest absolute Gasteiger partial charge is 0.232 e. The Morgan fingerprint density at radius 3 is 2.55 bits per heavy atom. The highest BCUT2D eigenvalue weighted by molar-refractivity contribution is 5.55. The Labute approximate surface area is 118 Å². The predicted octanol–water partition coefficient (Wildman–Crippen LogP) is 2.70. The topological polar surface area (TPSA) is 73.6 Å². The Kier molecular flexibility index (Phi) is 4.65. The highest BCUT2D eigenvalue weighted by Crippen LogP contribution is 2.31. The van der Waals surface area contributed by atoms with Gasteiger partial charge in [-0.3, -0.25) is 10.1 Å². The zero-order chi connectivity index (χ0) is 14.5. The first-order valence-electron chi connectivity index (χ1n) is 6.77. The SMILES string of the molecule is COc1ccc(N[C@@H]2CCCC[C@H]2[N+](=O)[O-])cc1OC. The average Bonchev–Trinajstić information content (AvgIpc) is 2.47. The molecule has 0 amide bonds. The molecule has 6 nitrogen and oxygen atoms in total. The number of rotatable bonds is 5. The molecule has 2 atom stereocenters. The normalized spacial score (nSPS) is 22.1. The molecule has 0 spiro atoms. The summed E-state index contributed by atoms with van der Waals surface area (Å²) in [5, 5.41) is 14.4. The Balaban J connectivity index is 2.13. The number of nitrogens with zero attached hydrogens (tertiary/aromatic N) is 1. The van der Waals surface area contributed by atoms with Gasteiger partial charge in [0.1, 0.15) is 0 Å². The van der Waals surface area contributed by atoms with Gasteiger partial charge in [-0.2, -0.15) is 0 Å². The second-order valence-corrected chi connectivity index (χ2v) is 4.96. The lowest BCUT2D eigenvalue weighted by molar-refractivity contribution is -0.527. The van der Waals surface area contributed by atoms with Gasteiger partial charge in [0.2, 0.25) is 6.04 Å². The Hall–Kier alpha value is -1.98. The molecular formula is C14H20N2O4. The molecule has 6 heteroatoms. The van der Waals surface area contributed by atoms with Gasteiger partial charge < -0.3 is 14.8 Å². The summed E-state index contributed by atoms with van der Waals surface area (Å²) in [6, 6.07) is 4.82. The van der Waals surface area contributed by atoms with Gasteiger partial charge in [0.25, 0.3) is 0 Å². The van der Waals surface area contributed by atoms with E-state index in [9.17, 15) is 10.1 Å². The molecule has 0 saturated heterocycles. The van der Waals surface area contributed by atoms with Crippen LogP contribution < -0.4 is 14.8 Å². The van der Waals surface area contributed by atoms with E-state index >= 15 is 0 Å². The summed E-state index contributed by atoms with van der Waals surface area (Å²) in [6.07, 6.45) is 3.41. The third-order valence-corrected chi connectivity index (χ3v) is 3.74. The van der Waals surface area contributed by atoms with Gasteiger partial charge >= 0.3 is 0 Å². The molecular weight excluding hydrogens is 260 g/mol. The lowest BCUT2D eigenvalue weighted by Gasteiger charge is -2.27. The maximum absolute atomic E-state index is 11.1. The Morgan fingerprint density at radius 2 is 1.90 bits per heavy atom. The van der Waals surface area contributed by atoms with Gasteiger partial charge in [-0.05, 0) is 25.0 Å². The highest BCUT2D eigenvalue weighted by atomic mass is 16.6. The number of benzene rings is 1. The van der Waals surface area contributed by atoms with Crippen LogP contribution in [0.25, 0.3) is 0 Å². The second-order valence-electron chi connectivity index (χ2n) is 4.96. The van der Waals surface area contributed by atoms with Crippen molar-refractivity contribution in [2.75, 3.05) is 19.5 Å². The van der Waals surface area contributed by atoms with Crippen LogP contribution in [-0.2, 0) is 0 Å². The second kappa shape index (κ2) is 6.45. The van der Waals surface area contributed by atoms with Gasteiger partial charge in [0.15, 0.2) is 11.5 Å². The van der Waals surface area contributed by atoms with Crippen LogP contribution in [0.1, 0.15) is 25.7 Å². The Morgan fingerprint density at radius 1 is 1.20 bits per heavy atom. The van der Waals surface area contributed by atoms with Crippen molar-refractivity contribution in [1.82, 2.24) is 0 Å². The largest absolute Gasteiger partial charge is 0.493 e. The number of hydrogen-bond donors (Lipinski definition) is 1. The van der Waals surface area contributed by atoms with Gasteiger partial charge in [-0.1, -0.05) is 6.42 Å². The molecule has 0 radical (unpaired) electrons. The summed E-state index contributed by atoms with van der Waals surface area (Å²) in [7, 11) is 3.15. The summed E-state index contributed by atoms with van der Waals surface area (Å²) in [6.45, 7) is 0. The minimum atomic E-state index is -0.517. The number of methoxy groups -OCH3 is 2. The minimum absolute atomic E-state index is 0.128.